The van der Waals surface area contributed by atoms with Gasteiger partial charge in [-0.05, 0) is 45.6 Å². The first-order valence-electron chi connectivity index (χ1n) is 10.3. The van der Waals surface area contributed by atoms with E-state index in [0.29, 0.717) is 12.8 Å². The van der Waals surface area contributed by atoms with E-state index >= 15 is 0 Å². The van der Waals surface area contributed by atoms with Crippen molar-refractivity contribution in [3.8, 4) is 0 Å². The van der Waals surface area contributed by atoms with E-state index in [0.717, 1.165) is 6.04 Å². The number of allylic oxidation sites excluding steroid dienone is 2. The summed E-state index contributed by atoms with van der Waals surface area (Å²) in [4.78, 5) is 25.6. The van der Waals surface area contributed by atoms with Gasteiger partial charge in [0.1, 0.15) is 0 Å². The van der Waals surface area contributed by atoms with Crippen molar-refractivity contribution in [2.24, 2.45) is 11.3 Å². The SMILES string of the molecule is CCOC(=O)C1(C(=O)OCC)C/C(=C(/C)[Si](C)(C)Cc2ccccc2)C(C)C1. The van der Waals surface area contributed by atoms with E-state index in [-0.39, 0.29) is 19.1 Å². The lowest BCUT2D eigenvalue weighted by Gasteiger charge is -2.28. The average Bonchev–Trinajstić information content (AvgIpc) is 3.00. The highest BCUT2D eigenvalue weighted by atomic mass is 28.3. The Morgan fingerprint density at radius 1 is 1.07 bits per heavy atom. The lowest BCUT2D eigenvalue weighted by molar-refractivity contribution is -0.171. The minimum Gasteiger partial charge on any atom is -0.465 e. The van der Waals surface area contributed by atoms with Gasteiger partial charge in [-0.2, -0.15) is 0 Å². The van der Waals surface area contributed by atoms with E-state index in [4.69, 9.17) is 9.47 Å². The highest BCUT2D eigenvalue weighted by Crippen LogP contribution is 2.49. The molecule has 0 N–H and O–H groups in total. The molecule has 5 heteroatoms. The molecule has 0 heterocycles. The summed E-state index contributed by atoms with van der Waals surface area (Å²) in [5.41, 5.74) is 1.39. The second-order valence-corrected chi connectivity index (χ2v) is 13.4. The van der Waals surface area contributed by atoms with Gasteiger partial charge in [0.15, 0.2) is 5.41 Å². The molecule has 4 nitrogen and oxygen atoms in total. The van der Waals surface area contributed by atoms with Crippen molar-refractivity contribution in [2.45, 2.75) is 59.7 Å². The summed E-state index contributed by atoms with van der Waals surface area (Å²) in [6.45, 7) is 13.1. The zero-order valence-electron chi connectivity index (χ0n) is 18.1. The third-order valence-electron chi connectivity index (χ3n) is 6.06. The zero-order chi connectivity index (χ0) is 20.9. The van der Waals surface area contributed by atoms with Crippen LogP contribution in [0.25, 0.3) is 0 Å². The molecular formula is C23H34O4Si. The van der Waals surface area contributed by atoms with Crippen LogP contribution in [0.15, 0.2) is 41.1 Å². The molecule has 0 saturated heterocycles. The standard InChI is InChI=1S/C23H34O4Si/c1-7-26-21(24)23(22(25)27-8-2)14-17(3)20(15-23)18(4)28(5,6)16-19-12-10-9-11-13-19/h9-13,17H,7-8,14-16H2,1-6H3/b20-18+. The topological polar surface area (TPSA) is 52.6 Å². The summed E-state index contributed by atoms with van der Waals surface area (Å²) in [6.07, 6.45) is 0.885. The molecule has 1 fully saturated rings. The Kier molecular flexibility index (Phi) is 7.26. The molecule has 0 radical (unpaired) electrons. The van der Waals surface area contributed by atoms with Crippen molar-refractivity contribution in [3.05, 3.63) is 46.7 Å². The van der Waals surface area contributed by atoms with Gasteiger partial charge in [-0.15, -0.1) is 0 Å². The fraction of sp³-hybridized carbons (Fsp3) is 0.565. The van der Waals surface area contributed by atoms with Gasteiger partial charge in [0, 0.05) is 0 Å². The number of rotatable bonds is 7. The van der Waals surface area contributed by atoms with Crippen LogP contribution in [0, 0.1) is 11.3 Å². The van der Waals surface area contributed by atoms with E-state index in [1.807, 2.05) is 6.07 Å². The van der Waals surface area contributed by atoms with Crippen LogP contribution < -0.4 is 0 Å². The number of hydrogen-bond acceptors (Lipinski definition) is 4. The van der Waals surface area contributed by atoms with Crippen molar-refractivity contribution in [2.75, 3.05) is 13.2 Å². The first-order chi connectivity index (χ1) is 13.2. The zero-order valence-corrected chi connectivity index (χ0v) is 19.1. The Balaban J connectivity index is 2.38. The van der Waals surface area contributed by atoms with Crippen LogP contribution in [-0.4, -0.2) is 33.2 Å². The normalized spacial score (nSPS) is 20.6. The number of benzene rings is 1. The smallest absolute Gasteiger partial charge is 0.323 e. The van der Waals surface area contributed by atoms with Crippen LogP contribution in [0.3, 0.4) is 0 Å². The van der Waals surface area contributed by atoms with Gasteiger partial charge in [0.2, 0.25) is 0 Å². The molecule has 0 aliphatic heterocycles. The average molecular weight is 403 g/mol. The quantitative estimate of drug-likeness (QED) is 0.371. The molecule has 1 aliphatic carbocycles. The molecular weight excluding hydrogens is 368 g/mol. The largest absolute Gasteiger partial charge is 0.465 e. The molecule has 28 heavy (non-hydrogen) atoms. The highest BCUT2D eigenvalue weighted by molar-refractivity contribution is 6.83. The lowest BCUT2D eigenvalue weighted by atomic mass is 9.85. The number of carbonyl (C=O) groups is 2. The molecule has 2 rings (SSSR count). The molecule has 1 aromatic rings. The Hall–Kier alpha value is -1.88. The van der Waals surface area contributed by atoms with E-state index in [1.165, 1.54) is 16.3 Å². The Bertz CT molecular complexity index is 718. The maximum Gasteiger partial charge on any atom is 0.323 e. The third-order valence-corrected chi connectivity index (χ3v) is 9.70. The lowest BCUT2D eigenvalue weighted by Crippen LogP contribution is -2.40. The molecule has 0 bridgehead atoms. The summed E-state index contributed by atoms with van der Waals surface area (Å²) in [5, 5.41) is 1.39. The molecule has 1 atom stereocenters. The summed E-state index contributed by atoms with van der Waals surface area (Å²) in [5.74, 6) is -0.715. The predicted molar refractivity (Wildman–Crippen MR) is 114 cm³/mol. The Morgan fingerprint density at radius 3 is 2.11 bits per heavy atom. The fourth-order valence-corrected chi connectivity index (χ4v) is 7.05. The summed E-state index contributed by atoms with van der Waals surface area (Å²) in [6, 6.07) is 11.6. The predicted octanol–water partition coefficient (Wildman–Crippen LogP) is 4.87. The fourth-order valence-electron chi connectivity index (χ4n) is 4.33. The van der Waals surface area contributed by atoms with Gasteiger partial charge >= 0.3 is 11.9 Å². The number of esters is 2. The molecule has 154 valence electrons. The minimum absolute atomic E-state index is 0.163. The monoisotopic (exact) mass is 402 g/mol. The van der Waals surface area contributed by atoms with E-state index in [9.17, 15) is 9.59 Å². The van der Waals surface area contributed by atoms with Gasteiger partial charge in [-0.1, -0.05) is 66.7 Å². The molecule has 1 saturated carbocycles. The Labute approximate surface area is 170 Å². The van der Waals surface area contributed by atoms with Crippen LogP contribution in [0.5, 0.6) is 0 Å². The molecule has 0 amide bonds. The van der Waals surface area contributed by atoms with Crippen LogP contribution in [0.2, 0.25) is 13.1 Å². The van der Waals surface area contributed by atoms with Gasteiger partial charge in [-0.3, -0.25) is 9.59 Å². The maximum absolute atomic E-state index is 12.8. The summed E-state index contributed by atoms with van der Waals surface area (Å²) >= 11 is 0. The second-order valence-electron chi connectivity index (χ2n) is 8.50. The van der Waals surface area contributed by atoms with E-state index in [1.54, 1.807) is 13.8 Å². The number of ether oxygens (including phenoxy) is 2. The summed E-state index contributed by atoms with van der Waals surface area (Å²) in [7, 11) is -1.75. The van der Waals surface area contributed by atoms with E-state index < -0.39 is 25.4 Å². The van der Waals surface area contributed by atoms with Crippen LogP contribution >= 0.6 is 0 Å². The number of hydrogen-bond donors (Lipinski definition) is 0. The van der Waals surface area contributed by atoms with Gasteiger partial charge < -0.3 is 9.47 Å². The Morgan fingerprint density at radius 2 is 1.61 bits per heavy atom. The van der Waals surface area contributed by atoms with Crippen molar-refractivity contribution in [1.29, 1.82) is 0 Å². The second kappa shape index (κ2) is 9.08. The maximum atomic E-state index is 12.8. The first-order valence-corrected chi connectivity index (χ1v) is 13.5. The van der Waals surface area contributed by atoms with Crippen molar-refractivity contribution in [1.82, 2.24) is 0 Å². The van der Waals surface area contributed by atoms with Crippen LogP contribution in [0.4, 0.5) is 0 Å². The highest BCUT2D eigenvalue weighted by Gasteiger charge is 2.55. The molecule has 0 aromatic heterocycles. The molecule has 1 aromatic carbocycles. The molecule has 0 spiro atoms. The first kappa shape index (κ1) is 22.4. The van der Waals surface area contributed by atoms with Crippen LogP contribution in [0.1, 0.15) is 46.1 Å². The van der Waals surface area contributed by atoms with Gasteiger partial charge in [-0.25, -0.2) is 0 Å². The number of carbonyl (C=O) groups excluding carboxylic acids is 2. The molecule has 1 aliphatic rings. The van der Waals surface area contributed by atoms with Crippen LogP contribution in [-0.2, 0) is 25.1 Å². The summed E-state index contributed by atoms with van der Waals surface area (Å²) < 4.78 is 10.6. The molecule has 1 unspecified atom stereocenters. The third kappa shape index (κ3) is 4.57. The van der Waals surface area contributed by atoms with Crippen molar-refractivity contribution < 1.29 is 19.1 Å². The van der Waals surface area contributed by atoms with Gasteiger partial charge in [0.25, 0.3) is 0 Å². The minimum atomic E-state index is -1.75. The van der Waals surface area contributed by atoms with Crippen molar-refractivity contribution in [3.63, 3.8) is 0 Å². The van der Waals surface area contributed by atoms with Crippen molar-refractivity contribution >= 4 is 20.0 Å². The van der Waals surface area contributed by atoms with E-state index in [2.05, 4.69) is 51.2 Å². The van der Waals surface area contributed by atoms with Gasteiger partial charge in [0.05, 0.1) is 21.3 Å².